The molecule has 0 unspecified atom stereocenters. The number of aryl methyl sites for hydroxylation is 1. The predicted octanol–water partition coefficient (Wildman–Crippen LogP) is 11.5. The molecule has 0 atom stereocenters. The number of carbonyl (C=O) groups is 6. The summed E-state index contributed by atoms with van der Waals surface area (Å²) in [4.78, 5) is 87.6. The first-order valence-corrected chi connectivity index (χ1v) is 31.3. The fourth-order valence-corrected chi connectivity index (χ4v) is 9.77. The van der Waals surface area contributed by atoms with Gasteiger partial charge in [0.2, 0.25) is 5.91 Å². The first-order valence-electron chi connectivity index (χ1n) is 31.3. The summed E-state index contributed by atoms with van der Waals surface area (Å²) in [7, 11) is 14.5. The highest BCUT2D eigenvalue weighted by Gasteiger charge is 2.24. The van der Waals surface area contributed by atoms with Crippen LogP contribution in [0.3, 0.4) is 0 Å². The number of nitrogens with one attached hydrogen (secondary N) is 6. The molecule has 0 aliphatic rings. The highest BCUT2D eigenvalue weighted by atomic mass is 19.1. The van der Waals surface area contributed by atoms with Crippen molar-refractivity contribution < 1.29 is 51.4 Å². The standard InChI is InChI=1S/C76H80F3N9O8/c1-50-15-26-59(27-16-50)82-75(93)84-67-37-19-52(46-70(91)80-39-12-42-87(4)5)44-55(67)23-35-65-71(77)64(34-22-53-47-57(69(90)14-10-11-41-86(2)3)21-20-54(53)49-61(89)45-51-17-30-62(95-8)31-18-51)72(78)66(73(65)79)36-24-56-48-58(74(92)81-40-13-43-88(6)7)25-38-68(56)85-76(94)83-60-28-32-63(96-9)33-29-60/h15-21,25-33,37-38,44,47-48H,10-14,39-43,45-46,49H2,1-9H3,(H,80,91)(H,81,92)(H2,82,84,93)(H2,83,85,94). The molecule has 0 aliphatic carbocycles. The highest BCUT2D eigenvalue weighted by Crippen LogP contribution is 2.28. The monoisotopic (exact) mass is 1300 g/mol. The second-order valence-electron chi connectivity index (χ2n) is 23.6. The van der Waals surface area contributed by atoms with Gasteiger partial charge in [-0.05, 0) is 196 Å². The number of amides is 6. The third kappa shape index (κ3) is 22.5. The van der Waals surface area contributed by atoms with Crippen LogP contribution in [0.25, 0.3) is 0 Å². The lowest BCUT2D eigenvalue weighted by Crippen LogP contribution is -2.28. The lowest BCUT2D eigenvalue weighted by Gasteiger charge is -2.13. The van der Waals surface area contributed by atoms with Crippen molar-refractivity contribution >= 4 is 58.2 Å². The van der Waals surface area contributed by atoms with Gasteiger partial charge in [-0.15, -0.1) is 0 Å². The number of rotatable bonds is 27. The average molecular weight is 1300 g/mol. The number of urea groups is 2. The number of hydrogen-bond donors (Lipinski definition) is 6. The molecule has 498 valence electrons. The quantitative estimate of drug-likeness (QED) is 0.0162. The van der Waals surface area contributed by atoms with E-state index in [1.54, 1.807) is 91.0 Å². The molecule has 0 bridgehead atoms. The summed E-state index contributed by atoms with van der Waals surface area (Å²) in [6, 6.07) is 32.3. The van der Waals surface area contributed by atoms with Gasteiger partial charge in [0, 0.05) is 71.5 Å². The van der Waals surface area contributed by atoms with Gasteiger partial charge in [-0.3, -0.25) is 19.2 Å². The van der Waals surface area contributed by atoms with Gasteiger partial charge in [-0.25, -0.2) is 22.8 Å². The number of ketones is 2. The normalized spacial score (nSPS) is 10.7. The van der Waals surface area contributed by atoms with Crippen LogP contribution in [-0.4, -0.2) is 139 Å². The fourth-order valence-electron chi connectivity index (χ4n) is 9.77. The zero-order chi connectivity index (χ0) is 69.3. The van der Waals surface area contributed by atoms with Crippen LogP contribution in [-0.2, 0) is 28.9 Å². The van der Waals surface area contributed by atoms with Crippen molar-refractivity contribution in [3.8, 4) is 47.0 Å². The van der Waals surface area contributed by atoms with Crippen LogP contribution >= 0.6 is 0 Å². The molecular weight excluding hydrogens is 1220 g/mol. The van der Waals surface area contributed by atoms with E-state index in [0.717, 1.165) is 25.1 Å². The Morgan fingerprint density at radius 1 is 0.448 bits per heavy atom. The summed E-state index contributed by atoms with van der Waals surface area (Å²) in [5.41, 5.74) is 0.598. The lowest BCUT2D eigenvalue weighted by atomic mass is 9.94. The van der Waals surface area contributed by atoms with E-state index in [0.29, 0.717) is 78.5 Å². The molecule has 7 rings (SSSR count). The fraction of sp³-hybridized carbons (Fsp3) is 0.289. The molecule has 17 nitrogen and oxygen atoms in total. The number of anilines is 4. The van der Waals surface area contributed by atoms with Crippen LogP contribution in [0.1, 0.15) is 108 Å². The zero-order valence-corrected chi connectivity index (χ0v) is 55.6. The molecule has 0 heterocycles. The molecule has 7 aromatic rings. The Morgan fingerprint density at radius 2 is 0.906 bits per heavy atom. The minimum absolute atomic E-state index is 0.00272. The van der Waals surface area contributed by atoms with E-state index in [4.69, 9.17) is 9.47 Å². The third-order valence-corrected chi connectivity index (χ3v) is 15.0. The van der Waals surface area contributed by atoms with E-state index >= 15 is 13.2 Å². The number of benzene rings is 7. The summed E-state index contributed by atoms with van der Waals surface area (Å²) < 4.78 is 63.5. The van der Waals surface area contributed by atoms with Crippen molar-refractivity contribution in [2.75, 3.05) is 110 Å². The molecular formula is C76H80F3N9O8. The highest BCUT2D eigenvalue weighted by molar-refractivity contribution is 6.02. The van der Waals surface area contributed by atoms with Crippen LogP contribution in [0.4, 0.5) is 45.5 Å². The van der Waals surface area contributed by atoms with Crippen molar-refractivity contribution in [1.82, 2.24) is 25.3 Å². The van der Waals surface area contributed by atoms with Crippen molar-refractivity contribution in [2.45, 2.75) is 58.3 Å². The molecule has 0 radical (unpaired) electrons. The van der Waals surface area contributed by atoms with Crippen LogP contribution in [0, 0.1) is 59.9 Å². The van der Waals surface area contributed by atoms with E-state index < -0.39 is 52.1 Å². The van der Waals surface area contributed by atoms with Gasteiger partial charge in [0.05, 0.1) is 48.7 Å². The maximum Gasteiger partial charge on any atom is 0.323 e. The van der Waals surface area contributed by atoms with E-state index in [1.807, 2.05) is 63.9 Å². The van der Waals surface area contributed by atoms with Crippen molar-refractivity contribution in [1.29, 1.82) is 0 Å². The van der Waals surface area contributed by atoms with Crippen molar-refractivity contribution in [3.63, 3.8) is 0 Å². The predicted molar refractivity (Wildman–Crippen MR) is 371 cm³/mol. The number of Topliss-reactive ketones (excluding diaryl/α,β-unsaturated/α-hetero) is 2. The molecule has 20 heteroatoms. The zero-order valence-electron chi connectivity index (χ0n) is 55.6. The maximum absolute atomic E-state index is 17.7. The molecule has 0 fully saturated rings. The number of methoxy groups -OCH3 is 2. The minimum Gasteiger partial charge on any atom is -0.497 e. The Morgan fingerprint density at radius 3 is 1.45 bits per heavy atom. The average Bonchev–Trinajstić information content (AvgIpc) is 0.781. The van der Waals surface area contributed by atoms with Gasteiger partial charge in [0.15, 0.2) is 23.2 Å². The van der Waals surface area contributed by atoms with Crippen LogP contribution in [0.5, 0.6) is 11.5 Å². The minimum atomic E-state index is -1.57. The molecule has 7 aromatic carbocycles. The van der Waals surface area contributed by atoms with Crippen LogP contribution in [0.2, 0.25) is 0 Å². The molecule has 96 heavy (non-hydrogen) atoms. The number of nitrogens with zero attached hydrogens (tertiary/aromatic N) is 3. The SMILES string of the molecule is COc1ccc(CC(=O)Cc2ccc(C(=O)CCCCN(C)C)cc2C#Cc2c(F)c(C#Cc3cc(CC(=O)NCCCN(C)C)ccc3NC(=O)Nc3ccc(C)cc3)c(F)c(C#Cc3cc(C(=O)NCCCN(C)C)ccc3NC(=O)Nc3ccc(OC)cc3)c2F)cc1. The van der Waals surface area contributed by atoms with Crippen LogP contribution in [0.15, 0.2) is 127 Å². The summed E-state index contributed by atoms with van der Waals surface area (Å²) in [6.07, 6.45) is 2.44. The number of halogens is 3. The van der Waals surface area contributed by atoms with E-state index in [1.165, 1.54) is 50.6 Å². The molecule has 6 amide bonds. The first kappa shape index (κ1) is 72.7. The molecule has 0 saturated carbocycles. The molecule has 0 saturated heterocycles. The van der Waals surface area contributed by atoms with Gasteiger partial charge < -0.3 is 56.1 Å². The Labute approximate surface area is 559 Å². The molecule has 0 aromatic heterocycles. The Hall–Kier alpha value is -10.7. The van der Waals surface area contributed by atoms with E-state index in [9.17, 15) is 28.8 Å². The van der Waals surface area contributed by atoms with Crippen LogP contribution < -0.4 is 41.4 Å². The van der Waals surface area contributed by atoms with E-state index in [-0.39, 0.29) is 82.3 Å². The summed E-state index contributed by atoms with van der Waals surface area (Å²) in [6.45, 7) is 4.74. The first-order chi connectivity index (χ1) is 46.0. The summed E-state index contributed by atoms with van der Waals surface area (Å²) in [5.74, 6) is 11.1. The van der Waals surface area contributed by atoms with Gasteiger partial charge in [0.1, 0.15) is 17.3 Å². The van der Waals surface area contributed by atoms with Gasteiger partial charge in [-0.2, -0.15) is 0 Å². The molecule has 0 aliphatic heterocycles. The number of ether oxygens (including phenoxy) is 2. The molecule has 0 spiro atoms. The van der Waals surface area contributed by atoms with Gasteiger partial charge in [0.25, 0.3) is 5.91 Å². The van der Waals surface area contributed by atoms with Gasteiger partial charge >= 0.3 is 12.1 Å². The van der Waals surface area contributed by atoms with Crippen molar-refractivity contribution in [3.05, 3.63) is 212 Å². The Kier molecular flexibility index (Phi) is 27.4. The maximum atomic E-state index is 17.7. The third-order valence-electron chi connectivity index (χ3n) is 15.0. The molecule has 6 N–H and O–H groups in total. The number of hydrogen-bond acceptors (Lipinski definition) is 11. The Balaban J connectivity index is 1.40. The van der Waals surface area contributed by atoms with E-state index in [2.05, 4.69) is 67.4 Å². The van der Waals surface area contributed by atoms with Gasteiger partial charge in [-0.1, -0.05) is 83.6 Å². The lowest BCUT2D eigenvalue weighted by molar-refractivity contribution is -0.120. The second kappa shape index (κ2) is 36.1. The largest absolute Gasteiger partial charge is 0.497 e. The van der Waals surface area contributed by atoms with Crippen molar-refractivity contribution in [2.24, 2.45) is 0 Å². The summed E-state index contributed by atoms with van der Waals surface area (Å²) in [5, 5.41) is 16.6. The number of unbranched alkanes of at least 4 members (excludes halogenated alkanes) is 1. The second-order valence-corrected chi connectivity index (χ2v) is 23.6. The number of carbonyl (C=O) groups excluding carboxylic acids is 6. The summed E-state index contributed by atoms with van der Waals surface area (Å²) >= 11 is 0. The Bertz CT molecular complexity index is 3960. The smallest absolute Gasteiger partial charge is 0.323 e. The topological polar surface area (TPSA) is 203 Å².